The van der Waals surface area contributed by atoms with Crippen molar-refractivity contribution in [2.24, 2.45) is 0 Å². The highest BCUT2D eigenvalue weighted by molar-refractivity contribution is 5.71. The maximum Gasteiger partial charge on any atom is 0.119 e. The highest BCUT2D eigenvalue weighted by atomic mass is 16.5. The zero-order chi connectivity index (χ0) is 16.8. The fourth-order valence-electron chi connectivity index (χ4n) is 3.11. The van der Waals surface area contributed by atoms with E-state index >= 15 is 0 Å². The molecule has 0 atom stereocenters. The van der Waals surface area contributed by atoms with Crippen LogP contribution in [0.3, 0.4) is 0 Å². The van der Waals surface area contributed by atoms with Gasteiger partial charge in [0, 0.05) is 0 Å². The largest absolute Gasteiger partial charge is 0.489 e. The lowest BCUT2D eigenvalue weighted by atomic mass is 9.91. The summed E-state index contributed by atoms with van der Waals surface area (Å²) in [5.74, 6) is 0.908. The van der Waals surface area contributed by atoms with Crippen molar-refractivity contribution in [2.75, 3.05) is 0 Å². The van der Waals surface area contributed by atoms with Crippen LogP contribution in [-0.4, -0.2) is 0 Å². The topological polar surface area (TPSA) is 9.23 Å². The summed E-state index contributed by atoms with van der Waals surface area (Å²) in [6.45, 7) is 5.04. The van der Waals surface area contributed by atoms with E-state index in [1.807, 2.05) is 30.3 Å². The van der Waals surface area contributed by atoms with Gasteiger partial charge in [-0.3, -0.25) is 0 Å². The van der Waals surface area contributed by atoms with Crippen LogP contribution in [0.15, 0.2) is 72.8 Å². The van der Waals surface area contributed by atoms with E-state index in [0.29, 0.717) is 6.61 Å². The Bertz CT molecular complexity index is 768. The maximum absolute atomic E-state index is 5.90. The third-order valence-corrected chi connectivity index (χ3v) is 4.36. The van der Waals surface area contributed by atoms with Crippen molar-refractivity contribution in [3.8, 4) is 16.9 Å². The van der Waals surface area contributed by atoms with Gasteiger partial charge in [0.1, 0.15) is 12.4 Å². The quantitative estimate of drug-likeness (QED) is 0.537. The first-order valence-corrected chi connectivity index (χ1v) is 8.69. The SMILES string of the molecule is CCc1cccc(CC)c1-c1cccc(COc2ccccc2)c1. The number of rotatable bonds is 6. The van der Waals surface area contributed by atoms with Crippen LogP contribution in [0.1, 0.15) is 30.5 Å². The van der Waals surface area contributed by atoms with E-state index in [0.717, 1.165) is 18.6 Å². The van der Waals surface area contributed by atoms with Crippen LogP contribution >= 0.6 is 0 Å². The van der Waals surface area contributed by atoms with Gasteiger partial charge in [0.2, 0.25) is 0 Å². The molecule has 0 aliphatic heterocycles. The van der Waals surface area contributed by atoms with Gasteiger partial charge in [0.15, 0.2) is 0 Å². The molecule has 0 fully saturated rings. The van der Waals surface area contributed by atoms with Gasteiger partial charge in [0.25, 0.3) is 0 Å². The second-order valence-corrected chi connectivity index (χ2v) is 5.96. The fraction of sp³-hybridized carbons (Fsp3) is 0.217. The summed E-state index contributed by atoms with van der Waals surface area (Å²) in [4.78, 5) is 0. The lowest BCUT2D eigenvalue weighted by Gasteiger charge is -2.15. The number of benzene rings is 3. The lowest BCUT2D eigenvalue weighted by Crippen LogP contribution is -1.98. The molecule has 0 saturated heterocycles. The van der Waals surface area contributed by atoms with E-state index in [-0.39, 0.29) is 0 Å². The molecule has 24 heavy (non-hydrogen) atoms. The molecule has 1 heteroatoms. The van der Waals surface area contributed by atoms with Crippen LogP contribution in [-0.2, 0) is 19.4 Å². The summed E-state index contributed by atoms with van der Waals surface area (Å²) < 4.78 is 5.90. The summed E-state index contributed by atoms with van der Waals surface area (Å²) in [6, 6.07) is 25.4. The van der Waals surface area contributed by atoms with Crippen molar-refractivity contribution in [2.45, 2.75) is 33.3 Å². The molecule has 122 valence electrons. The first-order valence-electron chi connectivity index (χ1n) is 8.69. The van der Waals surface area contributed by atoms with Crippen molar-refractivity contribution in [3.05, 3.63) is 89.5 Å². The van der Waals surface area contributed by atoms with E-state index in [1.165, 1.54) is 27.8 Å². The molecule has 3 rings (SSSR count). The fourth-order valence-corrected chi connectivity index (χ4v) is 3.11. The normalized spacial score (nSPS) is 10.6. The molecule has 0 N–H and O–H groups in total. The predicted octanol–water partition coefficient (Wildman–Crippen LogP) is 6.06. The van der Waals surface area contributed by atoms with Crippen LogP contribution in [0.2, 0.25) is 0 Å². The Hall–Kier alpha value is -2.54. The summed E-state index contributed by atoms with van der Waals surface area (Å²) in [7, 11) is 0. The average Bonchev–Trinajstić information content (AvgIpc) is 2.66. The second kappa shape index (κ2) is 7.83. The molecule has 0 bridgehead atoms. The third kappa shape index (κ3) is 3.68. The number of para-hydroxylation sites is 1. The highest BCUT2D eigenvalue weighted by Gasteiger charge is 2.09. The van der Waals surface area contributed by atoms with Crippen LogP contribution < -0.4 is 4.74 Å². The molecule has 3 aromatic rings. The highest BCUT2D eigenvalue weighted by Crippen LogP contribution is 2.29. The van der Waals surface area contributed by atoms with Crippen molar-refractivity contribution in [1.29, 1.82) is 0 Å². The molecule has 1 nitrogen and oxygen atoms in total. The van der Waals surface area contributed by atoms with Gasteiger partial charge < -0.3 is 4.74 Å². The molecule has 0 radical (unpaired) electrons. The Morgan fingerprint density at radius 2 is 1.38 bits per heavy atom. The number of hydrogen-bond donors (Lipinski definition) is 0. The van der Waals surface area contributed by atoms with Gasteiger partial charge in [-0.1, -0.05) is 68.4 Å². The molecule has 0 heterocycles. The van der Waals surface area contributed by atoms with E-state index < -0.39 is 0 Å². The monoisotopic (exact) mass is 316 g/mol. The van der Waals surface area contributed by atoms with Crippen LogP contribution in [0.25, 0.3) is 11.1 Å². The molecule has 0 aromatic heterocycles. The molecule has 0 saturated carbocycles. The summed E-state index contributed by atoms with van der Waals surface area (Å²) in [5.41, 5.74) is 6.71. The first-order chi connectivity index (χ1) is 11.8. The van der Waals surface area contributed by atoms with Crippen LogP contribution in [0, 0.1) is 0 Å². The molecule has 0 unspecified atom stereocenters. The Balaban J connectivity index is 1.88. The molecule has 0 aliphatic carbocycles. The van der Waals surface area contributed by atoms with Gasteiger partial charge in [-0.25, -0.2) is 0 Å². The molecular weight excluding hydrogens is 292 g/mol. The summed E-state index contributed by atoms with van der Waals surface area (Å²) in [6.07, 6.45) is 2.10. The number of ether oxygens (including phenoxy) is 1. The number of aryl methyl sites for hydroxylation is 2. The maximum atomic E-state index is 5.90. The minimum atomic E-state index is 0.591. The minimum Gasteiger partial charge on any atom is -0.489 e. The van der Waals surface area contributed by atoms with E-state index in [1.54, 1.807) is 0 Å². The Morgan fingerprint density at radius 1 is 0.708 bits per heavy atom. The van der Waals surface area contributed by atoms with Crippen molar-refractivity contribution in [3.63, 3.8) is 0 Å². The average molecular weight is 316 g/mol. The van der Waals surface area contributed by atoms with Crippen molar-refractivity contribution < 1.29 is 4.74 Å². The van der Waals surface area contributed by atoms with E-state index in [9.17, 15) is 0 Å². The molecule has 0 aliphatic rings. The predicted molar refractivity (Wildman–Crippen MR) is 101 cm³/mol. The zero-order valence-corrected chi connectivity index (χ0v) is 14.5. The second-order valence-electron chi connectivity index (χ2n) is 5.96. The van der Waals surface area contributed by atoms with Crippen molar-refractivity contribution in [1.82, 2.24) is 0 Å². The molecule has 0 spiro atoms. The van der Waals surface area contributed by atoms with Crippen molar-refractivity contribution >= 4 is 0 Å². The zero-order valence-electron chi connectivity index (χ0n) is 14.5. The summed E-state index contributed by atoms with van der Waals surface area (Å²) >= 11 is 0. The standard InChI is InChI=1S/C23H24O/c1-3-19-11-9-12-20(4-2)23(19)21-13-8-10-18(16-21)17-24-22-14-6-5-7-15-22/h5-16H,3-4,17H2,1-2H3. The van der Waals surface area contributed by atoms with E-state index in [4.69, 9.17) is 4.74 Å². The lowest BCUT2D eigenvalue weighted by molar-refractivity contribution is 0.306. The Kier molecular flexibility index (Phi) is 5.32. The smallest absolute Gasteiger partial charge is 0.119 e. The summed E-state index contributed by atoms with van der Waals surface area (Å²) in [5, 5.41) is 0. The van der Waals surface area contributed by atoms with Gasteiger partial charge >= 0.3 is 0 Å². The van der Waals surface area contributed by atoms with Gasteiger partial charge in [-0.05, 0) is 58.9 Å². The minimum absolute atomic E-state index is 0.591. The molecule has 3 aromatic carbocycles. The van der Waals surface area contributed by atoms with Crippen LogP contribution in [0.5, 0.6) is 5.75 Å². The number of hydrogen-bond acceptors (Lipinski definition) is 1. The van der Waals surface area contributed by atoms with Gasteiger partial charge in [-0.15, -0.1) is 0 Å². The Morgan fingerprint density at radius 3 is 2.04 bits per heavy atom. The Labute approximate surface area is 144 Å². The van der Waals surface area contributed by atoms with E-state index in [2.05, 4.69) is 56.3 Å². The molecular formula is C23H24O. The third-order valence-electron chi connectivity index (χ3n) is 4.36. The first kappa shape index (κ1) is 16.3. The molecule has 0 amide bonds. The van der Waals surface area contributed by atoms with Gasteiger partial charge in [-0.2, -0.15) is 0 Å². The van der Waals surface area contributed by atoms with Gasteiger partial charge in [0.05, 0.1) is 0 Å². The van der Waals surface area contributed by atoms with Crippen LogP contribution in [0.4, 0.5) is 0 Å².